The molecule has 0 radical (unpaired) electrons. The van der Waals surface area contributed by atoms with Gasteiger partial charge >= 0.3 is 5.97 Å². The Morgan fingerprint density at radius 3 is 2.82 bits per heavy atom. The molecule has 0 aromatic heterocycles. The third-order valence-electron chi connectivity index (χ3n) is 2.45. The van der Waals surface area contributed by atoms with E-state index >= 15 is 0 Å². The van der Waals surface area contributed by atoms with Gasteiger partial charge in [0.25, 0.3) is 0 Å². The van der Waals surface area contributed by atoms with Crippen LogP contribution in [0.4, 0.5) is 4.39 Å². The number of ether oxygens (including phenoxy) is 1. The number of hydrogen-bond donors (Lipinski definition) is 1. The van der Waals surface area contributed by atoms with E-state index in [4.69, 9.17) is 10.5 Å². The standard InChI is InChI=1S/C13H18FNO2/c1-2-3-8-17-13(16)9-12(15)10-6-4-5-7-11(10)14/h4-7,12H,2-3,8-9,15H2,1H3. The highest BCUT2D eigenvalue weighted by Crippen LogP contribution is 2.17. The molecule has 1 unspecified atom stereocenters. The van der Waals surface area contributed by atoms with E-state index in [1.807, 2.05) is 6.92 Å². The van der Waals surface area contributed by atoms with Crippen LogP contribution in [0.15, 0.2) is 24.3 Å². The van der Waals surface area contributed by atoms with Crippen molar-refractivity contribution in [1.82, 2.24) is 0 Å². The first-order chi connectivity index (χ1) is 8.15. The zero-order valence-electron chi connectivity index (χ0n) is 9.99. The lowest BCUT2D eigenvalue weighted by molar-refractivity contribution is -0.144. The zero-order valence-corrected chi connectivity index (χ0v) is 9.99. The SMILES string of the molecule is CCCCOC(=O)CC(N)c1ccccc1F. The fourth-order valence-electron chi connectivity index (χ4n) is 1.45. The van der Waals surface area contributed by atoms with Crippen LogP contribution in [-0.2, 0) is 9.53 Å². The van der Waals surface area contributed by atoms with Crippen LogP contribution >= 0.6 is 0 Å². The van der Waals surface area contributed by atoms with Crippen LogP contribution in [0.3, 0.4) is 0 Å². The Bertz CT molecular complexity index is 368. The number of carbonyl (C=O) groups is 1. The molecule has 3 nitrogen and oxygen atoms in total. The third-order valence-corrected chi connectivity index (χ3v) is 2.45. The molecule has 0 fully saturated rings. The lowest BCUT2D eigenvalue weighted by atomic mass is 10.0. The van der Waals surface area contributed by atoms with Gasteiger partial charge in [-0.05, 0) is 12.5 Å². The summed E-state index contributed by atoms with van der Waals surface area (Å²) in [4.78, 5) is 11.4. The first-order valence-electron chi connectivity index (χ1n) is 5.80. The average molecular weight is 239 g/mol. The number of benzene rings is 1. The molecule has 0 saturated carbocycles. The molecule has 1 aromatic rings. The Kier molecular flexibility index (Phi) is 5.63. The van der Waals surface area contributed by atoms with Gasteiger partial charge in [-0.3, -0.25) is 4.79 Å². The molecule has 0 amide bonds. The second-order valence-electron chi connectivity index (χ2n) is 3.91. The molecule has 0 spiro atoms. The monoisotopic (exact) mass is 239 g/mol. The van der Waals surface area contributed by atoms with Gasteiger partial charge in [0.2, 0.25) is 0 Å². The van der Waals surface area contributed by atoms with Gasteiger partial charge in [0, 0.05) is 11.6 Å². The summed E-state index contributed by atoms with van der Waals surface area (Å²) < 4.78 is 18.3. The van der Waals surface area contributed by atoms with Crippen molar-refractivity contribution in [2.24, 2.45) is 5.73 Å². The van der Waals surface area contributed by atoms with Crippen molar-refractivity contribution in [3.8, 4) is 0 Å². The first-order valence-corrected chi connectivity index (χ1v) is 5.80. The smallest absolute Gasteiger partial charge is 0.307 e. The van der Waals surface area contributed by atoms with Crippen LogP contribution in [0, 0.1) is 5.82 Å². The maximum absolute atomic E-state index is 13.4. The zero-order chi connectivity index (χ0) is 12.7. The minimum absolute atomic E-state index is 0.00461. The highest BCUT2D eigenvalue weighted by molar-refractivity contribution is 5.70. The fourth-order valence-corrected chi connectivity index (χ4v) is 1.45. The minimum atomic E-state index is -0.648. The van der Waals surface area contributed by atoms with Crippen LogP contribution < -0.4 is 5.73 Å². The summed E-state index contributed by atoms with van der Waals surface area (Å²) in [5, 5.41) is 0. The van der Waals surface area contributed by atoms with Crippen LogP contribution in [0.2, 0.25) is 0 Å². The van der Waals surface area contributed by atoms with Crippen LogP contribution in [-0.4, -0.2) is 12.6 Å². The van der Waals surface area contributed by atoms with E-state index in [2.05, 4.69) is 0 Å². The predicted molar refractivity (Wildman–Crippen MR) is 63.8 cm³/mol. The van der Waals surface area contributed by atoms with E-state index in [1.54, 1.807) is 18.2 Å². The van der Waals surface area contributed by atoms with E-state index in [0.717, 1.165) is 12.8 Å². The van der Waals surface area contributed by atoms with Crippen molar-refractivity contribution in [3.63, 3.8) is 0 Å². The van der Waals surface area contributed by atoms with E-state index in [0.29, 0.717) is 12.2 Å². The predicted octanol–water partition coefficient (Wildman–Crippen LogP) is 2.56. The molecule has 0 aliphatic heterocycles. The van der Waals surface area contributed by atoms with Crippen molar-refractivity contribution in [2.45, 2.75) is 32.2 Å². The number of nitrogens with two attached hydrogens (primary N) is 1. The van der Waals surface area contributed by atoms with E-state index in [1.165, 1.54) is 6.07 Å². The summed E-state index contributed by atoms with van der Waals surface area (Å²) in [5.41, 5.74) is 6.11. The molecule has 4 heteroatoms. The number of esters is 1. The largest absolute Gasteiger partial charge is 0.466 e. The highest BCUT2D eigenvalue weighted by Gasteiger charge is 2.15. The molecule has 2 N–H and O–H groups in total. The van der Waals surface area contributed by atoms with Gasteiger partial charge < -0.3 is 10.5 Å². The average Bonchev–Trinajstić information content (AvgIpc) is 2.29. The van der Waals surface area contributed by atoms with Gasteiger partial charge in [0.1, 0.15) is 5.82 Å². The number of unbranched alkanes of at least 4 members (excludes halogenated alkanes) is 1. The molecule has 0 aliphatic rings. The Balaban J connectivity index is 2.46. The Hall–Kier alpha value is -1.42. The Labute approximate surface area is 101 Å². The molecule has 94 valence electrons. The topological polar surface area (TPSA) is 52.3 Å². The number of halogens is 1. The lowest BCUT2D eigenvalue weighted by Crippen LogP contribution is -2.18. The fraction of sp³-hybridized carbons (Fsp3) is 0.462. The van der Waals surface area contributed by atoms with Gasteiger partial charge in [-0.1, -0.05) is 31.5 Å². The maximum Gasteiger partial charge on any atom is 0.307 e. The quantitative estimate of drug-likeness (QED) is 0.613. The van der Waals surface area contributed by atoms with Crippen molar-refractivity contribution in [2.75, 3.05) is 6.61 Å². The Morgan fingerprint density at radius 1 is 1.47 bits per heavy atom. The maximum atomic E-state index is 13.4. The lowest BCUT2D eigenvalue weighted by Gasteiger charge is -2.12. The van der Waals surface area contributed by atoms with Crippen molar-refractivity contribution >= 4 is 5.97 Å². The number of hydrogen-bond acceptors (Lipinski definition) is 3. The summed E-state index contributed by atoms with van der Waals surface area (Å²) in [6.45, 7) is 2.41. The summed E-state index contributed by atoms with van der Waals surface area (Å²) in [6.07, 6.45) is 1.80. The molecular weight excluding hydrogens is 221 g/mol. The highest BCUT2D eigenvalue weighted by atomic mass is 19.1. The Morgan fingerprint density at radius 2 is 2.18 bits per heavy atom. The normalized spacial score (nSPS) is 12.2. The molecular formula is C13H18FNO2. The van der Waals surface area contributed by atoms with Crippen molar-refractivity contribution in [3.05, 3.63) is 35.6 Å². The molecule has 1 rings (SSSR count). The van der Waals surface area contributed by atoms with E-state index in [9.17, 15) is 9.18 Å². The number of carbonyl (C=O) groups excluding carboxylic acids is 1. The second kappa shape index (κ2) is 7.01. The van der Waals surface area contributed by atoms with Crippen molar-refractivity contribution in [1.29, 1.82) is 0 Å². The van der Waals surface area contributed by atoms with Crippen LogP contribution in [0.1, 0.15) is 37.8 Å². The summed E-state index contributed by atoms with van der Waals surface area (Å²) in [5.74, 6) is -0.768. The number of rotatable bonds is 6. The molecule has 1 aromatic carbocycles. The molecule has 17 heavy (non-hydrogen) atoms. The van der Waals surface area contributed by atoms with Gasteiger partial charge in [-0.25, -0.2) is 4.39 Å². The molecule has 0 saturated heterocycles. The van der Waals surface area contributed by atoms with Gasteiger partial charge in [0.15, 0.2) is 0 Å². The molecule has 1 atom stereocenters. The van der Waals surface area contributed by atoms with Gasteiger partial charge in [0.05, 0.1) is 13.0 Å². The van der Waals surface area contributed by atoms with Crippen molar-refractivity contribution < 1.29 is 13.9 Å². The first kappa shape index (κ1) is 13.6. The van der Waals surface area contributed by atoms with E-state index in [-0.39, 0.29) is 18.2 Å². The van der Waals surface area contributed by atoms with Crippen LogP contribution in [0.25, 0.3) is 0 Å². The summed E-state index contributed by atoms with van der Waals surface area (Å²) in [7, 11) is 0. The third kappa shape index (κ3) is 4.53. The molecule has 0 bridgehead atoms. The van der Waals surface area contributed by atoms with Gasteiger partial charge in [-0.2, -0.15) is 0 Å². The summed E-state index contributed by atoms with van der Waals surface area (Å²) >= 11 is 0. The second-order valence-corrected chi connectivity index (χ2v) is 3.91. The molecule has 0 aliphatic carbocycles. The van der Waals surface area contributed by atoms with Crippen LogP contribution in [0.5, 0.6) is 0 Å². The van der Waals surface area contributed by atoms with Gasteiger partial charge in [-0.15, -0.1) is 0 Å². The molecule has 0 heterocycles. The van der Waals surface area contributed by atoms with E-state index < -0.39 is 6.04 Å². The summed E-state index contributed by atoms with van der Waals surface area (Å²) in [6, 6.07) is 5.55. The minimum Gasteiger partial charge on any atom is -0.466 e.